The number of guanidine groups is 1. The Morgan fingerprint density at radius 3 is 2.62 bits per heavy atom. The highest BCUT2D eigenvalue weighted by Gasteiger charge is 2.35. The summed E-state index contributed by atoms with van der Waals surface area (Å²) in [6.45, 7) is 11.0. The van der Waals surface area contributed by atoms with Crippen LogP contribution in [-0.2, 0) is 14.6 Å². The third kappa shape index (κ3) is 5.62. The van der Waals surface area contributed by atoms with Crippen molar-refractivity contribution in [3.8, 4) is 0 Å². The molecule has 2 heterocycles. The van der Waals surface area contributed by atoms with E-state index in [1.807, 2.05) is 6.92 Å². The first kappa shape index (κ1) is 19.5. The molecule has 24 heavy (non-hydrogen) atoms. The molecule has 2 aliphatic heterocycles. The summed E-state index contributed by atoms with van der Waals surface area (Å²) in [5.74, 6) is 1.60. The molecular formula is C17H33N3O3S. The third-order valence-electron chi connectivity index (χ3n) is 4.70. The minimum absolute atomic E-state index is 0.0335. The molecule has 0 radical (unpaired) electrons. The van der Waals surface area contributed by atoms with Gasteiger partial charge in [0.2, 0.25) is 0 Å². The van der Waals surface area contributed by atoms with Gasteiger partial charge >= 0.3 is 0 Å². The number of nitrogens with one attached hydrogen (secondary N) is 2. The number of hydrogen-bond donors (Lipinski definition) is 2. The Morgan fingerprint density at radius 2 is 2.04 bits per heavy atom. The Morgan fingerprint density at radius 1 is 1.29 bits per heavy atom. The molecular weight excluding hydrogens is 326 g/mol. The van der Waals surface area contributed by atoms with Gasteiger partial charge in [0.05, 0.1) is 17.6 Å². The van der Waals surface area contributed by atoms with Crippen LogP contribution in [0.5, 0.6) is 0 Å². The molecule has 2 fully saturated rings. The van der Waals surface area contributed by atoms with Crippen molar-refractivity contribution in [1.29, 1.82) is 0 Å². The largest absolute Gasteiger partial charge is 0.377 e. The molecule has 0 aromatic rings. The number of rotatable bonds is 4. The zero-order valence-corrected chi connectivity index (χ0v) is 16.3. The van der Waals surface area contributed by atoms with Crippen molar-refractivity contribution < 1.29 is 13.2 Å². The van der Waals surface area contributed by atoms with Crippen LogP contribution in [0.4, 0.5) is 0 Å². The number of hydrogen-bond acceptors (Lipinski definition) is 4. The van der Waals surface area contributed by atoms with Crippen molar-refractivity contribution in [2.24, 2.45) is 16.3 Å². The molecule has 0 bridgehead atoms. The van der Waals surface area contributed by atoms with Crippen LogP contribution in [0, 0.1) is 11.3 Å². The van der Waals surface area contributed by atoms with E-state index in [9.17, 15) is 8.42 Å². The second-order valence-electron chi connectivity index (χ2n) is 8.02. The molecule has 3 atom stereocenters. The summed E-state index contributed by atoms with van der Waals surface area (Å²) in [7, 11) is -2.88. The maximum Gasteiger partial charge on any atom is 0.191 e. The van der Waals surface area contributed by atoms with Crippen LogP contribution in [-0.4, -0.2) is 57.7 Å². The first-order valence-electron chi connectivity index (χ1n) is 9.08. The topological polar surface area (TPSA) is 79.8 Å². The fraction of sp³-hybridized carbons (Fsp3) is 0.941. The van der Waals surface area contributed by atoms with Crippen LogP contribution in [0.15, 0.2) is 4.99 Å². The Bertz CT molecular complexity index is 540. The molecule has 2 N–H and O–H groups in total. The van der Waals surface area contributed by atoms with Gasteiger partial charge in [-0.05, 0) is 31.6 Å². The number of ether oxygens (including phenoxy) is 1. The molecule has 0 aromatic heterocycles. The zero-order chi connectivity index (χ0) is 17.8. The average molecular weight is 360 g/mol. The van der Waals surface area contributed by atoms with Crippen molar-refractivity contribution in [1.82, 2.24) is 10.6 Å². The summed E-state index contributed by atoms with van der Waals surface area (Å²) >= 11 is 0. The monoisotopic (exact) mass is 359 g/mol. The van der Waals surface area contributed by atoms with E-state index in [2.05, 4.69) is 31.4 Å². The van der Waals surface area contributed by atoms with Crippen LogP contribution >= 0.6 is 0 Å². The maximum atomic E-state index is 11.6. The molecule has 0 saturated carbocycles. The Kier molecular flexibility index (Phi) is 6.53. The molecule has 3 unspecified atom stereocenters. The smallest absolute Gasteiger partial charge is 0.191 e. The quantitative estimate of drug-likeness (QED) is 0.588. The van der Waals surface area contributed by atoms with Crippen LogP contribution in [0.25, 0.3) is 0 Å². The molecule has 6 nitrogen and oxygen atoms in total. The van der Waals surface area contributed by atoms with Gasteiger partial charge < -0.3 is 15.4 Å². The van der Waals surface area contributed by atoms with E-state index in [1.165, 1.54) is 0 Å². The molecule has 7 heteroatoms. The summed E-state index contributed by atoms with van der Waals surface area (Å²) in [6.07, 6.45) is 3.08. The minimum Gasteiger partial charge on any atom is -0.377 e. The lowest BCUT2D eigenvalue weighted by Gasteiger charge is -2.39. The van der Waals surface area contributed by atoms with Crippen molar-refractivity contribution in [3.05, 3.63) is 0 Å². The van der Waals surface area contributed by atoms with Gasteiger partial charge in [0.1, 0.15) is 0 Å². The second-order valence-corrected chi connectivity index (χ2v) is 10.3. The fourth-order valence-corrected chi connectivity index (χ4v) is 5.29. The number of sulfone groups is 1. The van der Waals surface area contributed by atoms with Gasteiger partial charge in [-0.15, -0.1) is 0 Å². The lowest BCUT2D eigenvalue weighted by Crippen LogP contribution is -2.45. The highest BCUT2D eigenvalue weighted by molar-refractivity contribution is 7.91. The number of nitrogens with zero attached hydrogens (tertiary/aromatic N) is 1. The predicted molar refractivity (Wildman–Crippen MR) is 98.1 cm³/mol. The van der Waals surface area contributed by atoms with Crippen molar-refractivity contribution in [2.45, 2.75) is 59.1 Å². The van der Waals surface area contributed by atoms with Crippen molar-refractivity contribution in [3.63, 3.8) is 0 Å². The molecule has 0 amide bonds. The van der Waals surface area contributed by atoms with Gasteiger partial charge in [0, 0.05) is 31.7 Å². The van der Waals surface area contributed by atoms with E-state index in [-0.39, 0.29) is 29.1 Å². The Hall–Kier alpha value is -0.820. The van der Waals surface area contributed by atoms with E-state index < -0.39 is 9.84 Å². The fourth-order valence-electron chi connectivity index (χ4n) is 3.62. The molecule has 2 saturated heterocycles. The van der Waals surface area contributed by atoms with Gasteiger partial charge in [-0.1, -0.05) is 20.8 Å². The van der Waals surface area contributed by atoms with Gasteiger partial charge in [-0.3, -0.25) is 4.99 Å². The van der Waals surface area contributed by atoms with Crippen LogP contribution in [0.1, 0.15) is 47.0 Å². The molecule has 2 aliphatic rings. The molecule has 0 aliphatic carbocycles. The number of aliphatic imine (C=N–C) groups is 1. The van der Waals surface area contributed by atoms with Crippen molar-refractivity contribution in [2.75, 3.05) is 31.2 Å². The second kappa shape index (κ2) is 8.04. The van der Waals surface area contributed by atoms with Gasteiger partial charge in [0.25, 0.3) is 0 Å². The van der Waals surface area contributed by atoms with E-state index in [0.29, 0.717) is 18.9 Å². The van der Waals surface area contributed by atoms with E-state index in [4.69, 9.17) is 9.73 Å². The molecule has 140 valence electrons. The van der Waals surface area contributed by atoms with Gasteiger partial charge in [-0.25, -0.2) is 8.42 Å². The average Bonchev–Trinajstić information content (AvgIpc) is 2.83. The lowest BCUT2D eigenvalue weighted by molar-refractivity contribution is -0.0823. The van der Waals surface area contributed by atoms with E-state index in [0.717, 1.165) is 32.0 Å². The summed E-state index contributed by atoms with van der Waals surface area (Å²) in [6, 6.07) is -0.0335. The van der Waals surface area contributed by atoms with Crippen LogP contribution < -0.4 is 10.6 Å². The van der Waals surface area contributed by atoms with Gasteiger partial charge in [0.15, 0.2) is 15.8 Å². The highest BCUT2D eigenvalue weighted by Crippen LogP contribution is 2.34. The first-order chi connectivity index (χ1) is 11.2. The maximum absolute atomic E-state index is 11.6. The standard InChI is InChI=1S/C17H33N3O3S/c1-5-18-16(20-14-8-10-24(21,22)12-14)19-11-13-7-6-9-23-15(13)17(2,3)4/h13-15H,5-12H2,1-4H3,(H2,18,19,20). The summed E-state index contributed by atoms with van der Waals surface area (Å²) in [5.41, 5.74) is 0.103. The Balaban J connectivity index is 1.99. The predicted octanol–water partition coefficient (Wildman–Crippen LogP) is 1.57. The summed E-state index contributed by atoms with van der Waals surface area (Å²) in [4.78, 5) is 4.73. The normalized spacial score (nSPS) is 31.0. The summed E-state index contributed by atoms with van der Waals surface area (Å²) < 4.78 is 29.3. The molecule has 2 rings (SSSR count). The van der Waals surface area contributed by atoms with E-state index in [1.54, 1.807) is 0 Å². The molecule has 0 aromatic carbocycles. The van der Waals surface area contributed by atoms with E-state index >= 15 is 0 Å². The molecule has 0 spiro atoms. The zero-order valence-electron chi connectivity index (χ0n) is 15.5. The third-order valence-corrected chi connectivity index (χ3v) is 6.47. The minimum atomic E-state index is -2.88. The first-order valence-corrected chi connectivity index (χ1v) is 10.9. The highest BCUT2D eigenvalue weighted by atomic mass is 32.2. The SMILES string of the molecule is CCNC(=NCC1CCCOC1C(C)(C)C)NC1CCS(=O)(=O)C1. The van der Waals surface area contributed by atoms with Gasteiger partial charge in [-0.2, -0.15) is 0 Å². The van der Waals surface area contributed by atoms with Crippen LogP contribution in [0.2, 0.25) is 0 Å². The van der Waals surface area contributed by atoms with Crippen molar-refractivity contribution >= 4 is 15.8 Å². The lowest BCUT2D eigenvalue weighted by atomic mass is 9.78. The Labute approximate surface area is 146 Å². The summed E-state index contributed by atoms with van der Waals surface area (Å²) in [5, 5.41) is 6.52. The van der Waals surface area contributed by atoms with Crippen LogP contribution in [0.3, 0.4) is 0 Å².